The number of carbonyl (C=O) groups excluding carboxylic acids is 1. The van der Waals surface area contributed by atoms with Gasteiger partial charge in [-0.25, -0.2) is 0 Å². The first kappa shape index (κ1) is 31.2. The number of carboxylic acids is 1. The fraction of sp³-hybridized carbons (Fsp3) is 0.324. The van der Waals surface area contributed by atoms with Crippen LogP contribution in [0.1, 0.15) is 89.4 Å². The monoisotopic (exact) mass is 552 g/mol. The summed E-state index contributed by atoms with van der Waals surface area (Å²) in [5, 5.41) is 11.8. The third-order valence-electron chi connectivity index (χ3n) is 6.76. The van der Waals surface area contributed by atoms with Crippen LogP contribution in [0.3, 0.4) is 0 Å². The molecule has 210 valence electrons. The minimum absolute atomic E-state index is 0.0146. The lowest BCUT2D eigenvalue weighted by Crippen LogP contribution is -2.32. The smallest absolute Gasteiger partial charge is 0.166 e. The van der Waals surface area contributed by atoms with Crippen LogP contribution in [0.5, 0.6) is 0 Å². The third kappa shape index (κ3) is 7.88. The van der Waals surface area contributed by atoms with E-state index in [1.165, 1.54) is 20.2 Å². The molecular weight excluding hydrogens is 508 g/mol. The van der Waals surface area contributed by atoms with E-state index >= 15 is 0 Å². The van der Waals surface area contributed by atoms with E-state index in [0.29, 0.717) is 5.56 Å². The molecule has 3 heteroatoms. The van der Waals surface area contributed by atoms with Gasteiger partial charge in [0.2, 0.25) is 0 Å². The maximum atomic E-state index is 11.8. The highest BCUT2D eigenvalue weighted by molar-refractivity contribution is 7.97. The van der Waals surface area contributed by atoms with E-state index in [1.54, 1.807) is 0 Å². The van der Waals surface area contributed by atoms with Gasteiger partial charge in [0, 0.05) is 5.56 Å². The van der Waals surface area contributed by atoms with Gasteiger partial charge in [0.15, 0.2) is 14.7 Å². The van der Waals surface area contributed by atoms with Gasteiger partial charge in [-0.3, -0.25) is 0 Å². The normalized spacial score (nSPS) is 12.1. The Morgan fingerprint density at radius 2 is 0.825 bits per heavy atom. The van der Waals surface area contributed by atoms with Crippen LogP contribution in [0, 0.1) is 0 Å². The van der Waals surface area contributed by atoms with Crippen molar-refractivity contribution in [3.63, 3.8) is 0 Å². The summed E-state index contributed by atoms with van der Waals surface area (Å²) in [5.41, 5.74) is 2.75. The lowest BCUT2D eigenvalue weighted by Gasteiger charge is -2.33. The summed E-state index contributed by atoms with van der Waals surface area (Å²) in [5.74, 6) is -1.08. The quantitative estimate of drug-likeness (QED) is 0.238. The molecule has 0 spiro atoms. The Bertz CT molecular complexity index is 1260. The Balaban J connectivity index is 0.000000221. The maximum absolute atomic E-state index is 11.8. The van der Waals surface area contributed by atoms with Gasteiger partial charge < -0.3 is 9.90 Å². The topological polar surface area (TPSA) is 40.1 Å². The van der Waals surface area contributed by atoms with Crippen molar-refractivity contribution in [2.75, 3.05) is 0 Å². The first-order valence-corrected chi connectivity index (χ1v) is 15.1. The Kier molecular flexibility index (Phi) is 9.74. The summed E-state index contributed by atoms with van der Waals surface area (Å²) >= 11 is 0. The second kappa shape index (κ2) is 12.5. The number of benzene rings is 4. The van der Waals surface area contributed by atoms with E-state index in [4.69, 9.17) is 0 Å². The first-order valence-electron chi connectivity index (χ1n) is 13.9. The zero-order valence-electron chi connectivity index (χ0n) is 25.5. The van der Waals surface area contributed by atoms with E-state index in [-0.39, 0.29) is 27.1 Å². The van der Waals surface area contributed by atoms with Crippen LogP contribution >= 0.6 is 0 Å². The fourth-order valence-corrected chi connectivity index (χ4v) is 6.66. The van der Waals surface area contributed by atoms with E-state index in [2.05, 4.69) is 112 Å². The van der Waals surface area contributed by atoms with Gasteiger partial charge in [0.25, 0.3) is 0 Å². The van der Waals surface area contributed by atoms with Crippen LogP contribution in [0.15, 0.2) is 118 Å². The SMILES string of the molecule is CC(C)(C)c1cc(C(C)(C)C)c(C(=O)[O-])c(C(C)(C)C)c1.c1ccc([S+](c2ccccc2)c2ccccc2)cc1. The average Bonchev–Trinajstić information content (AvgIpc) is 2.89. The van der Waals surface area contributed by atoms with Gasteiger partial charge in [-0.15, -0.1) is 0 Å². The molecule has 0 aliphatic heterocycles. The zero-order chi connectivity index (χ0) is 29.7. The number of carbonyl (C=O) groups is 1. The summed E-state index contributed by atoms with van der Waals surface area (Å²) in [6, 6.07) is 36.2. The molecule has 4 aromatic carbocycles. The average molecular weight is 553 g/mol. The van der Waals surface area contributed by atoms with Gasteiger partial charge in [-0.1, -0.05) is 129 Å². The summed E-state index contributed by atoms with van der Waals surface area (Å²) in [4.78, 5) is 15.9. The molecule has 0 unspecified atom stereocenters. The van der Waals surface area contributed by atoms with Crippen molar-refractivity contribution >= 4 is 16.9 Å². The van der Waals surface area contributed by atoms with Crippen molar-refractivity contribution in [2.24, 2.45) is 0 Å². The largest absolute Gasteiger partial charge is 0.545 e. The van der Waals surface area contributed by atoms with E-state index in [9.17, 15) is 9.90 Å². The predicted molar refractivity (Wildman–Crippen MR) is 168 cm³/mol. The Morgan fingerprint density at radius 1 is 0.525 bits per heavy atom. The van der Waals surface area contributed by atoms with Gasteiger partial charge >= 0.3 is 0 Å². The number of hydrogen-bond donors (Lipinski definition) is 0. The van der Waals surface area contributed by atoms with Crippen LogP contribution in [-0.4, -0.2) is 5.97 Å². The molecule has 0 fully saturated rings. The molecule has 0 aliphatic carbocycles. The molecule has 0 N–H and O–H groups in total. The fourth-order valence-electron chi connectivity index (χ4n) is 4.56. The van der Waals surface area contributed by atoms with Gasteiger partial charge in [0.1, 0.15) is 0 Å². The van der Waals surface area contributed by atoms with Gasteiger partial charge in [0.05, 0.1) is 16.9 Å². The molecule has 0 amide bonds. The molecule has 4 rings (SSSR count). The number of hydrogen-bond acceptors (Lipinski definition) is 2. The van der Waals surface area contributed by atoms with E-state index in [1.807, 2.05) is 53.7 Å². The molecule has 4 aromatic rings. The van der Waals surface area contributed by atoms with Crippen molar-refractivity contribution in [3.8, 4) is 0 Å². The number of carboxylic acid groups (broad SMARTS) is 1. The highest BCUT2D eigenvalue weighted by atomic mass is 32.2. The molecule has 0 atom stereocenters. The Labute approximate surface area is 244 Å². The molecule has 0 heterocycles. The molecule has 40 heavy (non-hydrogen) atoms. The molecule has 0 bridgehead atoms. The molecule has 2 nitrogen and oxygen atoms in total. The highest BCUT2D eigenvalue weighted by Gasteiger charge is 2.30. The van der Waals surface area contributed by atoms with Gasteiger partial charge in [-0.05, 0) is 69.3 Å². The van der Waals surface area contributed by atoms with Crippen LogP contribution in [0.4, 0.5) is 0 Å². The molecule has 0 radical (unpaired) electrons. The van der Waals surface area contributed by atoms with E-state index in [0.717, 1.165) is 11.1 Å². The summed E-state index contributed by atoms with van der Waals surface area (Å²) in [6.07, 6.45) is 0. The van der Waals surface area contributed by atoms with Gasteiger partial charge in [-0.2, -0.15) is 0 Å². The summed E-state index contributed by atoms with van der Waals surface area (Å²) < 4.78 is 0. The van der Waals surface area contributed by atoms with E-state index < -0.39 is 5.97 Å². The van der Waals surface area contributed by atoms with Crippen molar-refractivity contribution in [3.05, 3.63) is 125 Å². The van der Waals surface area contributed by atoms with Crippen LogP contribution in [0.2, 0.25) is 0 Å². The molecule has 0 saturated carbocycles. The van der Waals surface area contributed by atoms with Crippen molar-refractivity contribution in [1.82, 2.24) is 0 Å². The highest BCUT2D eigenvalue weighted by Crippen LogP contribution is 2.38. The zero-order valence-corrected chi connectivity index (χ0v) is 26.4. The summed E-state index contributed by atoms with van der Waals surface area (Å²) in [7, 11) is -0.0146. The predicted octanol–water partition coefficient (Wildman–Crippen LogP) is 8.72. The Morgan fingerprint density at radius 3 is 1.05 bits per heavy atom. The van der Waals surface area contributed by atoms with Crippen LogP contribution < -0.4 is 5.11 Å². The van der Waals surface area contributed by atoms with Crippen molar-refractivity contribution in [2.45, 2.75) is 93.2 Å². The molecule has 0 aromatic heterocycles. The maximum Gasteiger partial charge on any atom is 0.166 e. The van der Waals surface area contributed by atoms with Crippen LogP contribution in [-0.2, 0) is 27.1 Å². The van der Waals surface area contributed by atoms with Crippen LogP contribution in [0.25, 0.3) is 0 Å². The number of rotatable bonds is 4. The second-order valence-electron chi connectivity index (χ2n) is 13.2. The number of aromatic carboxylic acids is 1. The third-order valence-corrected chi connectivity index (χ3v) is 8.99. The lowest BCUT2D eigenvalue weighted by atomic mass is 9.72. The minimum atomic E-state index is -1.08. The Hall–Kier alpha value is -3.30. The molecular formula is C37H44O2S. The second-order valence-corrected chi connectivity index (χ2v) is 15.3. The molecule has 0 aliphatic rings. The standard InChI is InChI=1S/C19H30O2.C18H15S/c1-17(2,3)12-10-13(18(4,5)6)15(16(20)21)14(11-12)19(7,8)9;1-4-10-16(11-5-1)19(17-12-6-2-7-13-17)18-14-8-3-9-15-18/h10-11H,1-9H3,(H,20,21);1-15H/q;+1/p-1. The van der Waals surface area contributed by atoms with Crippen molar-refractivity contribution < 1.29 is 9.90 Å². The van der Waals surface area contributed by atoms with Crippen molar-refractivity contribution in [1.29, 1.82) is 0 Å². The lowest BCUT2D eigenvalue weighted by molar-refractivity contribution is -0.255. The summed E-state index contributed by atoms with van der Waals surface area (Å²) in [6.45, 7) is 18.8. The minimum Gasteiger partial charge on any atom is -0.545 e. The first-order chi connectivity index (χ1) is 18.6. The molecule has 0 saturated heterocycles.